The van der Waals surface area contributed by atoms with Crippen molar-refractivity contribution in [2.75, 3.05) is 13.1 Å². The summed E-state index contributed by atoms with van der Waals surface area (Å²) in [6.07, 6.45) is -0.319. The summed E-state index contributed by atoms with van der Waals surface area (Å²) in [6.45, 7) is 1.41. The average molecular weight is 139 g/mol. The lowest BCUT2D eigenvalue weighted by molar-refractivity contribution is 0.179. The molecule has 4 heteroatoms. The van der Waals surface area contributed by atoms with Gasteiger partial charge in [0.2, 0.25) is 0 Å². The summed E-state index contributed by atoms with van der Waals surface area (Å²) < 4.78 is 0. The first kappa shape index (κ1) is 8.17. The molecular weight excluding hydrogens is 128 g/mol. The molecule has 0 radical (unpaired) electrons. The summed E-state index contributed by atoms with van der Waals surface area (Å²) >= 11 is 0. The molecule has 0 amide bonds. The van der Waals surface area contributed by atoms with Gasteiger partial charge in [-0.05, 0) is 0 Å². The smallest absolute Gasteiger partial charge is 0.0827 e. The predicted octanol–water partition coefficient (Wildman–Crippen LogP) is -1.30. The molecule has 1 aliphatic heterocycles. The number of halogens is 1. The van der Waals surface area contributed by atoms with Crippen molar-refractivity contribution in [1.29, 1.82) is 0 Å². The number of β-amino-alcohol motifs (C(OH)–C–C–N with tert-alkyl or cyclic N) is 1. The Labute approximate surface area is 54.7 Å². The highest BCUT2D eigenvalue weighted by molar-refractivity contribution is 5.85. The monoisotopic (exact) mass is 138 g/mol. The third-order valence-corrected chi connectivity index (χ3v) is 1.23. The number of hydrogen-bond donors (Lipinski definition) is 3. The van der Waals surface area contributed by atoms with Crippen molar-refractivity contribution in [1.82, 2.24) is 5.32 Å². The molecule has 0 unspecified atom stereocenters. The van der Waals surface area contributed by atoms with Gasteiger partial charge in [0.25, 0.3) is 0 Å². The molecule has 8 heavy (non-hydrogen) atoms. The molecule has 0 bridgehead atoms. The summed E-state index contributed by atoms with van der Waals surface area (Å²) in [6, 6.07) is -0.0417. The van der Waals surface area contributed by atoms with Gasteiger partial charge in [0, 0.05) is 19.1 Å². The molecule has 0 aromatic carbocycles. The molecule has 0 aliphatic carbocycles. The van der Waals surface area contributed by atoms with Crippen LogP contribution >= 0.6 is 12.4 Å². The topological polar surface area (TPSA) is 58.3 Å². The molecule has 4 N–H and O–H groups in total. The molecule has 1 heterocycles. The Hall–Kier alpha value is 0.170. The lowest BCUT2D eigenvalue weighted by atomic mass is 10.2. The zero-order valence-electron chi connectivity index (χ0n) is 4.50. The van der Waals surface area contributed by atoms with Crippen molar-refractivity contribution in [3.05, 3.63) is 0 Å². The molecule has 1 rings (SSSR count). The van der Waals surface area contributed by atoms with E-state index in [4.69, 9.17) is 10.8 Å². The van der Waals surface area contributed by atoms with E-state index in [0.29, 0.717) is 6.54 Å². The van der Waals surface area contributed by atoms with Crippen LogP contribution in [-0.2, 0) is 0 Å². The first-order valence-electron chi connectivity index (χ1n) is 2.45. The first-order chi connectivity index (χ1) is 3.30. The third-order valence-electron chi connectivity index (χ3n) is 1.23. The van der Waals surface area contributed by atoms with Gasteiger partial charge in [0.05, 0.1) is 6.10 Å². The summed E-state index contributed by atoms with van der Waals surface area (Å²) in [4.78, 5) is 0. The van der Waals surface area contributed by atoms with Gasteiger partial charge in [-0.15, -0.1) is 12.4 Å². The molecular formula is C4H11ClN2O. The molecule has 1 fully saturated rings. The maximum Gasteiger partial charge on any atom is 0.0827 e. The predicted molar refractivity (Wildman–Crippen MR) is 34.1 cm³/mol. The van der Waals surface area contributed by atoms with Crippen LogP contribution in [0.3, 0.4) is 0 Å². The van der Waals surface area contributed by atoms with E-state index in [9.17, 15) is 0 Å². The highest BCUT2D eigenvalue weighted by atomic mass is 35.5. The Morgan fingerprint density at radius 2 is 2.12 bits per heavy atom. The van der Waals surface area contributed by atoms with Crippen molar-refractivity contribution >= 4 is 12.4 Å². The van der Waals surface area contributed by atoms with Crippen LogP contribution in [0.4, 0.5) is 0 Å². The van der Waals surface area contributed by atoms with Gasteiger partial charge < -0.3 is 16.2 Å². The summed E-state index contributed by atoms with van der Waals surface area (Å²) in [5.74, 6) is 0. The minimum absolute atomic E-state index is 0. The van der Waals surface area contributed by atoms with E-state index in [2.05, 4.69) is 5.32 Å². The molecule has 3 nitrogen and oxygen atoms in total. The van der Waals surface area contributed by atoms with Crippen LogP contribution in [0.5, 0.6) is 0 Å². The number of nitrogens with two attached hydrogens (primary N) is 1. The summed E-state index contributed by atoms with van der Waals surface area (Å²) in [7, 11) is 0. The molecule has 0 spiro atoms. The minimum Gasteiger partial charge on any atom is -0.390 e. The molecule has 50 valence electrons. The molecule has 0 saturated carbocycles. The van der Waals surface area contributed by atoms with Crippen LogP contribution in [0, 0.1) is 0 Å². The highest BCUT2D eigenvalue weighted by Crippen LogP contribution is 1.93. The number of hydrogen-bond acceptors (Lipinski definition) is 3. The van der Waals surface area contributed by atoms with Gasteiger partial charge in [-0.2, -0.15) is 0 Å². The quantitative estimate of drug-likeness (QED) is 0.390. The van der Waals surface area contributed by atoms with Crippen molar-refractivity contribution in [3.63, 3.8) is 0 Å². The van der Waals surface area contributed by atoms with Crippen LogP contribution in [0.15, 0.2) is 0 Å². The van der Waals surface area contributed by atoms with Crippen molar-refractivity contribution in [2.45, 2.75) is 12.1 Å². The number of nitrogens with one attached hydrogen (secondary N) is 1. The number of rotatable bonds is 0. The van der Waals surface area contributed by atoms with Gasteiger partial charge in [0.1, 0.15) is 0 Å². The van der Waals surface area contributed by atoms with Gasteiger partial charge in [-0.3, -0.25) is 0 Å². The largest absolute Gasteiger partial charge is 0.390 e. The molecule has 1 aliphatic rings. The second kappa shape index (κ2) is 3.25. The molecule has 0 aromatic heterocycles. The Morgan fingerprint density at radius 1 is 1.50 bits per heavy atom. The lowest BCUT2D eigenvalue weighted by Crippen LogP contribution is -2.32. The normalized spacial score (nSPS) is 36.8. The Kier molecular flexibility index (Phi) is 3.31. The minimum atomic E-state index is -0.319. The molecule has 1 saturated heterocycles. The first-order valence-corrected chi connectivity index (χ1v) is 2.45. The Morgan fingerprint density at radius 3 is 2.25 bits per heavy atom. The summed E-state index contributed by atoms with van der Waals surface area (Å²) in [5.41, 5.74) is 5.37. The fraction of sp³-hybridized carbons (Fsp3) is 1.00. The van der Waals surface area contributed by atoms with Gasteiger partial charge in [-0.1, -0.05) is 0 Å². The van der Waals surface area contributed by atoms with Gasteiger partial charge in [-0.25, -0.2) is 0 Å². The van der Waals surface area contributed by atoms with E-state index in [1.54, 1.807) is 0 Å². The maximum absolute atomic E-state index is 8.81. The molecule has 0 aromatic rings. The lowest BCUT2D eigenvalue weighted by Gasteiger charge is -2.02. The zero-order valence-corrected chi connectivity index (χ0v) is 5.32. The van der Waals surface area contributed by atoms with Crippen molar-refractivity contribution < 1.29 is 5.11 Å². The van der Waals surface area contributed by atoms with E-state index in [1.807, 2.05) is 0 Å². The van der Waals surface area contributed by atoms with E-state index < -0.39 is 0 Å². The fourth-order valence-electron chi connectivity index (χ4n) is 0.685. The number of aliphatic hydroxyl groups is 1. The van der Waals surface area contributed by atoms with Crippen LogP contribution in [0.25, 0.3) is 0 Å². The van der Waals surface area contributed by atoms with Crippen LogP contribution in [0.2, 0.25) is 0 Å². The van der Waals surface area contributed by atoms with E-state index in [0.717, 1.165) is 6.54 Å². The molecule has 2 atom stereocenters. The van der Waals surface area contributed by atoms with Crippen LogP contribution in [0.1, 0.15) is 0 Å². The van der Waals surface area contributed by atoms with Crippen LogP contribution < -0.4 is 11.1 Å². The van der Waals surface area contributed by atoms with Gasteiger partial charge in [0.15, 0.2) is 0 Å². The van der Waals surface area contributed by atoms with Crippen molar-refractivity contribution in [3.8, 4) is 0 Å². The van der Waals surface area contributed by atoms with Gasteiger partial charge >= 0.3 is 0 Å². The maximum atomic E-state index is 8.81. The fourth-order valence-corrected chi connectivity index (χ4v) is 0.685. The number of aliphatic hydroxyl groups excluding tert-OH is 1. The van der Waals surface area contributed by atoms with Crippen molar-refractivity contribution in [2.24, 2.45) is 5.73 Å². The van der Waals surface area contributed by atoms with E-state index in [-0.39, 0.29) is 24.6 Å². The SMILES string of the molecule is Cl.N[C@H]1CNC[C@@H]1O. The zero-order chi connectivity index (χ0) is 5.28. The standard InChI is InChI=1S/C4H10N2O.ClH/c5-3-1-6-2-4(3)7;/h3-4,6-7H,1-2,5H2;1H/t3-,4-;/m0./s1. The second-order valence-corrected chi connectivity index (χ2v) is 1.89. The summed E-state index contributed by atoms with van der Waals surface area (Å²) in [5, 5.41) is 11.8. The average Bonchev–Trinajstić information content (AvgIpc) is 1.91. The highest BCUT2D eigenvalue weighted by Gasteiger charge is 2.19. The Bertz CT molecular complexity index is 63.1. The third kappa shape index (κ3) is 1.59. The Balaban J connectivity index is 0.000000490. The second-order valence-electron chi connectivity index (χ2n) is 1.89. The van der Waals surface area contributed by atoms with E-state index >= 15 is 0 Å². The van der Waals surface area contributed by atoms with Crippen LogP contribution in [-0.4, -0.2) is 30.3 Å². The van der Waals surface area contributed by atoms with E-state index in [1.165, 1.54) is 0 Å².